The molecule has 0 radical (unpaired) electrons. The van der Waals surface area contributed by atoms with Gasteiger partial charge in [0, 0.05) is 6.54 Å². The molecule has 1 aliphatic carbocycles. The molecule has 4 nitrogen and oxygen atoms in total. The van der Waals surface area contributed by atoms with Crippen molar-refractivity contribution in [2.45, 2.75) is 45.3 Å². The van der Waals surface area contributed by atoms with Crippen LogP contribution in [0.2, 0.25) is 0 Å². The molecule has 1 aliphatic rings. The summed E-state index contributed by atoms with van der Waals surface area (Å²) >= 11 is 0. The first-order valence-corrected chi connectivity index (χ1v) is 9.41. The van der Waals surface area contributed by atoms with Gasteiger partial charge in [0.2, 0.25) is 0 Å². The number of fused-ring (bicyclic) bond motifs is 1. The molecule has 1 amide bonds. The maximum atomic E-state index is 12.3. The summed E-state index contributed by atoms with van der Waals surface area (Å²) in [4.78, 5) is 12.3. The van der Waals surface area contributed by atoms with Crippen LogP contribution in [-0.4, -0.2) is 25.2 Å². The van der Waals surface area contributed by atoms with E-state index in [-0.39, 0.29) is 5.91 Å². The van der Waals surface area contributed by atoms with E-state index in [1.165, 1.54) is 24.0 Å². The van der Waals surface area contributed by atoms with Crippen LogP contribution >= 0.6 is 0 Å². The first kappa shape index (κ1) is 18.5. The molecule has 0 spiro atoms. The normalized spacial score (nSPS) is 14.3. The number of hydrogen-bond acceptors (Lipinski definition) is 3. The summed E-state index contributed by atoms with van der Waals surface area (Å²) in [5, 5.41) is 2.88. The second kappa shape index (κ2) is 9.39. The Morgan fingerprint density at radius 1 is 1.08 bits per heavy atom. The van der Waals surface area contributed by atoms with E-state index in [1.54, 1.807) is 6.92 Å². The zero-order valence-corrected chi connectivity index (χ0v) is 15.4. The summed E-state index contributed by atoms with van der Waals surface area (Å²) in [6, 6.07) is 16.2. The molecule has 3 rings (SSSR count). The number of carbonyl (C=O) groups is 1. The summed E-state index contributed by atoms with van der Waals surface area (Å²) in [6.07, 6.45) is 4.04. The number of amides is 1. The molecule has 2 aromatic rings. The van der Waals surface area contributed by atoms with E-state index in [2.05, 4.69) is 11.4 Å². The zero-order chi connectivity index (χ0) is 18.2. The van der Waals surface area contributed by atoms with Crippen molar-refractivity contribution in [3.63, 3.8) is 0 Å². The van der Waals surface area contributed by atoms with Crippen molar-refractivity contribution in [3.05, 3.63) is 65.2 Å². The monoisotopic (exact) mass is 353 g/mol. The molecule has 0 saturated carbocycles. The SMILES string of the molecule is C[C@@H](Oc1cccc2c1CCCC2)C(=O)NCCOCc1ccccc1. The van der Waals surface area contributed by atoms with Crippen LogP contribution < -0.4 is 10.1 Å². The third-order valence-electron chi connectivity index (χ3n) is 4.68. The number of ether oxygens (including phenoxy) is 2. The van der Waals surface area contributed by atoms with Crippen molar-refractivity contribution in [2.75, 3.05) is 13.2 Å². The van der Waals surface area contributed by atoms with E-state index in [0.717, 1.165) is 24.2 Å². The number of nitrogens with one attached hydrogen (secondary N) is 1. The predicted molar refractivity (Wildman–Crippen MR) is 102 cm³/mol. The van der Waals surface area contributed by atoms with E-state index in [9.17, 15) is 4.79 Å². The van der Waals surface area contributed by atoms with Crippen molar-refractivity contribution in [3.8, 4) is 5.75 Å². The maximum Gasteiger partial charge on any atom is 0.260 e. The van der Waals surface area contributed by atoms with Crippen LogP contribution in [0.15, 0.2) is 48.5 Å². The molecule has 138 valence electrons. The van der Waals surface area contributed by atoms with Gasteiger partial charge in [0.25, 0.3) is 5.91 Å². The van der Waals surface area contributed by atoms with Crippen LogP contribution in [0.25, 0.3) is 0 Å². The Morgan fingerprint density at radius 3 is 2.73 bits per heavy atom. The van der Waals surface area contributed by atoms with Gasteiger partial charge in [-0.2, -0.15) is 0 Å². The highest BCUT2D eigenvalue weighted by Gasteiger charge is 2.19. The fraction of sp³-hybridized carbons (Fsp3) is 0.409. The van der Waals surface area contributed by atoms with E-state index >= 15 is 0 Å². The molecule has 0 heterocycles. The minimum Gasteiger partial charge on any atom is -0.481 e. The molecule has 0 bridgehead atoms. The van der Waals surface area contributed by atoms with Crippen LogP contribution in [0.1, 0.15) is 36.5 Å². The molecular weight excluding hydrogens is 326 g/mol. The smallest absolute Gasteiger partial charge is 0.260 e. The van der Waals surface area contributed by atoms with Crippen molar-refractivity contribution in [1.82, 2.24) is 5.32 Å². The van der Waals surface area contributed by atoms with Gasteiger partial charge < -0.3 is 14.8 Å². The summed E-state index contributed by atoms with van der Waals surface area (Å²) in [7, 11) is 0. The number of aryl methyl sites for hydroxylation is 1. The van der Waals surface area contributed by atoms with Gasteiger partial charge in [0.15, 0.2) is 6.10 Å². The summed E-state index contributed by atoms with van der Waals surface area (Å²) in [5.41, 5.74) is 3.75. The van der Waals surface area contributed by atoms with Crippen molar-refractivity contribution >= 4 is 5.91 Å². The lowest BCUT2D eigenvalue weighted by Gasteiger charge is -2.22. The highest BCUT2D eigenvalue weighted by atomic mass is 16.5. The van der Waals surface area contributed by atoms with Gasteiger partial charge in [-0.3, -0.25) is 4.79 Å². The Kier molecular flexibility index (Phi) is 6.67. The third kappa shape index (κ3) is 5.09. The highest BCUT2D eigenvalue weighted by Crippen LogP contribution is 2.30. The fourth-order valence-electron chi connectivity index (χ4n) is 3.26. The first-order valence-electron chi connectivity index (χ1n) is 9.41. The maximum absolute atomic E-state index is 12.3. The quantitative estimate of drug-likeness (QED) is 0.737. The Morgan fingerprint density at radius 2 is 1.88 bits per heavy atom. The number of hydrogen-bond donors (Lipinski definition) is 1. The van der Waals surface area contributed by atoms with Gasteiger partial charge in [0.05, 0.1) is 13.2 Å². The van der Waals surface area contributed by atoms with Crippen LogP contribution in [-0.2, 0) is 29.0 Å². The van der Waals surface area contributed by atoms with E-state index in [1.807, 2.05) is 42.5 Å². The third-order valence-corrected chi connectivity index (χ3v) is 4.68. The van der Waals surface area contributed by atoms with Crippen LogP contribution in [0, 0.1) is 0 Å². The van der Waals surface area contributed by atoms with Gasteiger partial charge in [-0.1, -0.05) is 42.5 Å². The first-order chi connectivity index (χ1) is 12.7. The molecule has 26 heavy (non-hydrogen) atoms. The lowest BCUT2D eigenvalue weighted by Crippen LogP contribution is -2.38. The molecule has 1 atom stereocenters. The Balaban J connectivity index is 1.41. The van der Waals surface area contributed by atoms with Crippen LogP contribution in [0.4, 0.5) is 0 Å². The van der Waals surface area contributed by atoms with Gasteiger partial charge >= 0.3 is 0 Å². The predicted octanol–water partition coefficient (Wildman–Crippen LogP) is 3.67. The molecule has 4 heteroatoms. The second-order valence-corrected chi connectivity index (χ2v) is 6.69. The largest absolute Gasteiger partial charge is 0.481 e. The number of carbonyl (C=O) groups excluding carboxylic acids is 1. The number of benzene rings is 2. The van der Waals surface area contributed by atoms with Crippen molar-refractivity contribution in [1.29, 1.82) is 0 Å². The topological polar surface area (TPSA) is 47.6 Å². The lowest BCUT2D eigenvalue weighted by atomic mass is 9.91. The highest BCUT2D eigenvalue weighted by molar-refractivity contribution is 5.80. The molecule has 0 aromatic heterocycles. The summed E-state index contributed by atoms with van der Waals surface area (Å²) in [6.45, 7) is 3.31. The zero-order valence-electron chi connectivity index (χ0n) is 15.4. The minimum atomic E-state index is -0.516. The molecule has 1 N–H and O–H groups in total. The summed E-state index contributed by atoms with van der Waals surface area (Å²) < 4.78 is 11.5. The standard InChI is InChI=1S/C22H27NO3/c1-17(26-21-13-7-11-19-10-5-6-12-20(19)21)22(24)23-14-15-25-16-18-8-3-2-4-9-18/h2-4,7-9,11,13,17H,5-6,10,12,14-16H2,1H3,(H,23,24)/t17-/m1/s1. The molecule has 0 unspecified atom stereocenters. The van der Waals surface area contributed by atoms with Gasteiger partial charge in [0.1, 0.15) is 5.75 Å². The lowest BCUT2D eigenvalue weighted by molar-refractivity contribution is -0.127. The molecule has 0 saturated heterocycles. The second-order valence-electron chi connectivity index (χ2n) is 6.69. The van der Waals surface area contributed by atoms with Crippen LogP contribution in [0.5, 0.6) is 5.75 Å². The van der Waals surface area contributed by atoms with Gasteiger partial charge in [-0.15, -0.1) is 0 Å². The number of rotatable bonds is 8. The Hall–Kier alpha value is -2.33. The van der Waals surface area contributed by atoms with Gasteiger partial charge in [-0.05, 0) is 55.4 Å². The van der Waals surface area contributed by atoms with E-state index in [4.69, 9.17) is 9.47 Å². The fourth-order valence-corrected chi connectivity index (χ4v) is 3.26. The molecule has 2 aromatic carbocycles. The molecule has 0 fully saturated rings. The van der Waals surface area contributed by atoms with Gasteiger partial charge in [-0.25, -0.2) is 0 Å². The minimum absolute atomic E-state index is 0.110. The summed E-state index contributed by atoms with van der Waals surface area (Å²) in [5.74, 6) is 0.743. The average molecular weight is 353 g/mol. The Labute approximate surface area is 155 Å². The average Bonchev–Trinajstić information content (AvgIpc) is 2.68. The Bertz CT molecular complexity index is 715. The van der Waals surface area contributed by atoms with Crippen molar-refractivity contribution in [2.24, 2.45) is 0 Å². The molecular formula is C22H27NO3. The van der Waals surface area contributed by atoms with Crippen molar-refractivity contribution < 1.29 is 14.3 Å². The molecule has 0 aliphatic heterocycles. The van der Waals surface area contributed by atoms with E-state index in [0.29, 0.717) is 19.8 Å². The van der Waals surface area contributed by atoms with E-state index < -0.39 is 6.10 Å². The van der Waals surface area contributed by atoms with Crippen LogP contribution in [0.3, 0.4) is 0 Å².